The summed E-state index contributed by atoms with van der Waals surface area (Å²) >= 11 is 0. The molecule has 0 amide bonds. The van der Waals surface area contributed by atoms with Crippen LogP contribution < -0.4 is 0 Å². The van der Waals surface area contributed by atoms with Gasteiger partial charge in [-0.15, -0.1) is 11.8 Å². The number of Topliss-reactive ketones (excluding diaryl/α,β-unsaturated/α-hetero) is 1. The molecule has 0 heterocycles. The zero-order valence-electron chi connectivity index (χ0n) is 15.3. The second-order valence-corrected chi connectivity index (χ2v) is 6.35. The molecule has 23 heavy (non-hydrogen) atoms. The van der Waals surface area contributed by atoms with Crippen LogP contribution in [0.3, 0.4) is 0 Å². The molecule has 0 spiro atoms. The third-order valence-electron chi connectivity index (χ3n) is 3.84. The molecule has 0 aliphatic heterocycles. The van der Waals surface area contributed by atoms with Crippen molar-refractivity contribution in [1.82, 2.24) is 0 Å². The minimum absolute atomic E-state index is 0.246. The van der Waals surface area contributed by atoms with Crippen molar-refractivity contribution in [2.75, 3.05) is 0 Å². The highest BCUT2D eigenvalue weighted by Crippen LogP contribution is 2.08. The number of hydrogen-bond acceptors (Lipinski definition) is 2. The fourth-order valence-electron chi connectivity index (χ4n) is 2.37. The van der Waals surface area contributed by atoms with Crippen molar-refractivity contribution in [2.45, 2.75) is 103 Å². The summed E-state index contributed by atoms with van der Waals surface area (Å²) < 4.78 is 0. The third-order valence-corrected chi connectivity index (χ3v) is 3.84. The Labute approximate surface area is 143 Å². The maximum absolute atomic E-state index is 10.8. The van der Waals surface area contributed by atoms with Crippen LogP contribution in [0, 0.1) is 11.8 Å². The SMILES string of the molecule is CCCC[C@@H](O)/C=C\CCCCCCCC#CCCCC(C)=O. The second kappa shape index (κ2) is 17.3. The van der Waals surface area contributed by atoms with E-state index in [9.17, 15) is 9.90 Å². The summed E-state index contributed by atoms with van der Waals surface area (Å²) in [6.07, 6.45) is 17.7. The van der Waals surface area contributed by atoms with Crippen molar-refractivity contribution in [1.29, 1.82) is 0 Å². The van der Waals surface area contributed by atoms with Gasteiger partial charge in [-0.2, -0.15) is 0 Å². The lowest BCUT2D eigenvalue weighted by molar-refractivity contribution is -0.117. The van der Waals surface area contributed by atoms with E-state index < -0.39 is 0 Å². The standard InChI is InChI=1S/C21H36O2/c1-3-4-18-21(23)19-16-14-12-10-8-6-5-7-9-11-13-15-17-20(2)22/h16,19,21,23H,3-8,10,12-15,17-18H2,1-2H3/b19-16-/t21-/m1/s1. The number of carbonyl (C=O) groups excluding carboxylic acids is 1. The van der Waals surface area contributed by atoms with Gasteiger partial charge in [-0.25, -0.2) is 0 Å². The van der Waals surface area contributed by atoms with Crippen LogP contribution in [0.5, 0.6) is 0 Å². The number of aliphatic hydroxyl groups excluding tert-OH is 1. The monoisotopic (exact) mass is 320 g/mol. The van der Waals surface area contributed by atoms with Crippen LogP contribution in [-0.4, -0.2) is 17.0 Å². The van der Waals surface area contributed by atoms with Crippen molar-refractivity contribution in [3.05, 3.63) is 12.2 Å². The van der Waals surface area contributed by atoms with Gasteiger partial charge in [-0.1, -0.05) is 51.2 Å². The Hall–Kier alpha value is -1.07. The summed E-state index contributed by atoms with van der Waals surface area (Å²) in [6, 6.07) is 0. The highest BCUT2D eigenvalue weighted by Gasteiger charge is 1.96. The normalized spacial score (nSPS) is 12.1. The molecule has 0 aliphatic carbocycles. The van der Waals surface area contributed by atoms with Crippen LogP contribution in [0.2, 0.25) is 0 Å². The number of ketones is 1. The molecule has 2 heteroatoms. The van der Waals surface area contributed by atoms with Crippen molar-refractivity contribution in [3.8, 4) is 11.8 Å². The first-order valence-corrected chi connectivity index (χ1v) is 9.46. The molecule has 1 N–H and O–H groups in total. The quantitative estimate of drug-likeness (QED) is 0.257. The average molecular weight is 321 g/mol. The van der Waals surface area contributed by atoms with Gasteiger partial charge in [0.1, 0.15) is 5.78 Å². The van der Waals surface area contributed by atoms with E-state index in [1.807, 2.05) is 6.08 Å². The van der Waals surface area contributed by atoms with E-state index in [0.29, 0.717) is 6.42 Å². The van der Waals surface area contributed by atoms with Crippen LogP contribution in [-0.2, 0) is 4.79 Å². The summed E-state index contributed by atoms with van der Waals surface area (Å²) in [7, 11) is 0. The van der Waals surface area contributed by atoms with Crippen molar-refractivity contribution < 1.29 is 9.90 Å². The molecule has 0 aromatic rings. The maximum atomic E-state index is 10.8. The van der Waals surface area contributed by atoms with Gasteiger partial charge in [-0.3, -0.25) is 0 Å². The summed E-state index contributed by atoms with van der Waals surface area (Å²) in [4.78, 5) is 10.8. The number of aliphatic hydroxyl groups is 1. The van der Waals surface area contributed by atoms with Crippen LogP contribution >= 0.6 is 0 Å². The van der Waals surface area contributed by atoms with Gasteiger partial charge in [0.2, 0.25) is 0 Å². The average Bonchev–Trinajstić information content (AvgIpc) is 2.52. The molecular formula is C21H36O2. The lowest BCUT2D eigenvalue weighted by Crippen LogP contribution is -2.00. The van der Waals surface area contributed by atoms with E-state index in [4.69, 9.17) is 0 Å². The van der Waals surface area contributed by atoms with E-state index >= 15 is 0 Å². The molecule has 0 aromatic carbocycles. The predicted molar refractivity (Wildman–Crippen MR) is 99.3 cm³/mol. The minimum atomic E-state index is -0.246. The maximum Gasteiger partial charge on any atom is 0.129 e. The molecule has 0 bridgehead atoms. The Morgan fingerprint density at radius 3 is 2.35 bits per heavy atom. The topological polar surface area (TPSA) is 37.3 Å². The number of rotatable bonds is 14. The Kier molecular flexibility index (Phi) is 16.5. The Morgan fingerprint density at radius 1 is 1.00 bits per heavy atom. The molecular weight excluding hydrogens is 284 g/mol. The largest absolute Gasteiger partial charge is 0.389 e. The van der Waals surface area contributed by atoms with Crippen molar-refractivity contribution >= 4 is 5.78 Å². The highest BCUT2D eigenvalue weighted by atomic mass is 16.3. The number of carbonyl (C=O) groups is 1. The van der Waals surface area contributed by atoms with E-state index in [1.165, 1.54) is 32.1 Å². The van der Waals surface area contributed by atoms with Gasteiger partial charge < -0.3 is 9.90 Å². The van der Waals surface area contributed by atoms with Crippen LogP contribution in [0.25, 0.3) is 0 Å². The van der Waals surface area contributed by atoms with E-state index in [0.717, 1.165) is 44.9 Å². The fourth-order valence-corrected chi connectivity index (χ4v) is 2.37. The number of hydrogen-bond donors (Lipinski definition) is 1. The first-order valence-electron chi connectivity index (χ1n) is 9.46. The molecule has 0 saturated heterocycles. The lowest BCUT2D eigenvalue weighted by Gasteiger charge is -2.03. The van der Waals surface area contributed by atoms with Gasteiger partial charge in [-0.05, 0) is 39.0 Å². The molecule has 0 saturated carbocycles. The molecule has 0 unspecified atom stereocenters. The van der Waals surface area contributed by atoms with Gasteiger partial charge >= 0.3 is 0 Å². The molecule has 132 valence electrons. The Morgan fingerprint density at radius 2 is 1.65 bits per heavy atom. The molecule has 0 radical (unpaired) electrons. The number of unbranched alkanes of at least 4 members (excludes halogenated alkanes) is 8. The summed E-state index contributed by atoms with van der Waals surface area (Å²) in [5, 5.41) is 9.67. The van der Waals surface area contributed by atoms with Crippen LogP contribution in [0.15, 0.2) is 12.2 Å². The second-order valence-electron chi connectivity index (χ2n) is 6.35. The zero-order valence-corrected chi connectivity index (χ0v) is 15.3. The van der Waals surface area contributed by atoms with E-state index in [1.54, 1.807) is 6.92 Å². The van der Waals surface area contributed by atoms with Gasteiger partial charge in [0.25, 0.3) is 0 Å². The Balaban J connectivity index is 3.29. The molecule has 0 aromatic heterocycles. The first-order chi connectivity index (χ1) is 11.2. The zero-order chi connectivity index (χ0) is 17.2. The van der Waals surface area contributed by atoms with Crippen molar-refractivity contribution in [2.24, 2.45) is 0 Å². The summed E-state index contributed by atoms with van der Waals surface area (Å²) in [5.41, 5.74) is 0. The van der Waals surface area contributed by atoms with Crippen LogP contribution in [0.4, 0.5) is 0 Å². The molecule has 2 nitrogen and oxygen atoms in total. The van der Waals surface area contributed by atoms with E-state index in [-0.39, 0.29) is 11.9 Å². The van der Waals surface area contributed by atoms with Crippen molar-refractivity contribution in [3.63, 3.8) is 0 Å². The van der Waals surface area contributed by atoms with Gasteiger partial charge in [0, 0.05) is 19.3 Å². The Bertz CT molecular complexity index is 360. The molecule has 1 atom stereocenters. The fraction of sp³-hybridized carbons (Fsp3) is 0.762. The smallest absolute Gasteiger partial charge is 0.129 e. The third kappa shape index (κ3) is 18.9. The van der Waals surface area contributed by atoms with Gasteiger partial charge in [0.05, 0.1) is 6.10 Å². The highest BCUT2D eigenvalue weighted by molar-refractivity contribution is 5.75. The molecule has 0 aliphatic rings. The summed E-state index contributed by atoms with van der Waals surface area (Å²) in [6.45, 7) is 3.79. The summed E-state index contributed by atoms with van der Waals surface area (Å²) in [5.74, 6) is 6.61. The van der Waals surface area contributed by atoms with Crippen LogP contribution in [0.1, 0.15) is 97.3 Å². The predicted octanol–water partition coefficient (Wildman–Crippen LogP) is 5.59. The number of allylic oxidation sites excluding steroid dienone is 1. The first kappa shape index (κ1) is 21.9. The van der Waals surface area contributed by atoms with Gasteiger partial charge in [0.15, 0.2) is 0 Å². The minimum Gasteiger partial charge on any atom is -0.389 e. The lowest BCUT2D eigenvalue weighted by atomic mass is 10.1. The molecule has 0 fully saturated rings. The molecule has 0 rings (SSSR count). The van der Waals surface area contributed by atoms with E-state index in [2.05, 4.69) is 24.8 Å².